The van der Waals surface area contributed by atoms with Gasteiger partial charge in [0.2, 0.25) is 0 Å². The molecule has 0 bridgehead atoms. The Balaban J connectivity index is 1.77. The summed E-state index contributed by atoms with van der Waals surface area (Å²) in [5.74, 6) is -1.46. The SMILES string of the molecule is C=CC(=O)Oc1ccc(C(=O)Oc2ccc(OCCOC(=O)C(=C)CC(=O)OC)cc2)cc1. The van der Waals surface area contributed by atoms with Crippen molar-refractivity contribution < 1.29 is 42.9 Å². The number of hydrogen-bond donors (Lipinski definition) is 0. The van der Waals surface area contributed by atoms with E-state index in [1.54, 1.807) is 12.1 Å². The lowest BCUT2D eigenvalue weighted by Gasteiger charge is -2.09. The van der Waals surface area contributed by atoms with Crippen LogP contribution in [0, 0.1) is 0 Å². The smallest absolute Gasteiger partial charge is 0.343 e. The molecule has 0 aliphatic carbocycles. The van der Waals surface area contributed by atoms with E-state index in [2.05, 4.69) is 17.9 Å². The Morgan fingerprint density at radius 1 is 0.848 bits per heavy atom. The molecule has 0 atom stereocenters. The third-order valence-electron chi connectivity index (χ3n) is 3.97. The molecule has 2 aromatic rings. The quantitative estimate of drug-likeness (QED) is 0.219. The third kappa shape index (κ3) is 8.33. The summed E-state index contributed by atoms with van der Waals surface area (Å²) < 4.78 is 25.1. The van der Waals surface area contributed by atoms with Gasteiger partial charge in [-0.15, -0.1) is 0 Å². The molecule has 0 aromatic heterocycles. The fraction of sp³-hybridized carbons (Fsp3) is 0.167. The molecule has 0 aliphatic rings. The summed E-state index contributed by atoms with van der Waals surface area (Å²) in [6.45, 7) is 6.80. The van der Waals surface area contributed by atoms with Crippen LogP contribution >= 0.6 is 0 Å². The first kappa shape index (κ1) is 24.9. The molecule has 172 valence electrons. The van der Waals surface area contributed by atoms with Gasteiger partial charge in [-0.25, -0.2) is 14.4 Å². The fourth-order valence-electron chi connectivity index (χ4n) is 2.30. The molecule has 33 heavy (non-hydrogen) atoms. The zero-order valence-corrected chi connectivity index (χ0v) is 17.9. The van der Waals surface area contributed by atoms with E-state index in [0.717, 1.165) is 6.08 Å². The van der Waals surface area contributed by atoms with Crippen molar-refractivity contribution in [2.75, 3.05) is 20.3 Å². The highest BCUT2D eigenvalue weighted by Crippen LogP contribution is 2.20. The summed E-state index contributed by atoms with van der Waals surface area (Å²) in [6.07, 6.45) is 0.788. The number of carbonyl (C=O) groups excluding carboxylic acids is 4. The van der Waals surface area contributed by atoms with Gasteiger partial charge < -0.3 is 23.7 Å². The molecule has 2 aromatic carbocycles. The molecule has 0 spiro atoms. The van der Waals surface area contributed by atoms with Crippen LogP contribution < -0.4 is 14.2 Å². The molecule has 0 saturated heterocycles. The molecule has 2 rings (SSSR count). The van der Waals surface area contributed by atoms with Crippen molar-refractivity contribution >= 4 is 23.9 Å². The van der Waals surface area contributed by atoms with Gasteiger partial charge in [0.15, 0.2) is 0 Å². The molecule has 0 amide bonds. The maximum absolute atomic E-state index is 12.2. The Labute approximate surface area is 190 Å². The summed E-state index contributed by atoms with van der Waals surface area (Å²) in [5.41, 5.74) is 0.254. The van der Waals surface area contributed by atoms with Crippen molar-refractivity contribution in [1.82, 2.24) is 0 Å². The lowest BCUT2D eigenvalue weighted by Crippen LogP contribution is -2.15. The van der Waals surface area contributed by atoms with E-state index < -0.39 is 23.9 Å². The normalized spacial score (nSPS) is 9.85. The van der Waals surface area contributed by atoms with Crippen molar-refractivity contribution in [1.29, 1.82) is 0 Å². The van der Waals surface area contributed by atoms with Crippen molar-refractivity contribution in [3.05, 3.63) is 78.9 Å². The Kier molecular flexibility index (Phi) is 9.38. The maximum atomic E-state index is 12.2. The predicted molar refractivity (Wildman–Crippen MR) is 116 cm³/mol. The standard InChI is InChI=1S/C24H22O9/c1-4-21(25)32-19-7-5-17(6-8-19)24(28)33-20-11-9-18(10-12-20)30-13-14-31-23(27)16(2)15-22(26)29-3/h4-12H,1-2,13-15H2,3H3. The zero-order valence-electron chi connectivity index (χ0n) is 17.9. The highest BCUT2D eigenvalue weighted by atomic mass is 16.6. The van der Waals surface area contributed by atoms with Gasteiger partial charge in [0, 0.05) is 11.6 Å². The average molecular weight is 454 g/mol. The van der Waals surface area contributed by atoms with Crippen LogP contribution in [0.1, 0.15) is 16.8 Å². The van der Waals surface area contributed by atoms with Crippen molar-refractivity contribution in [3.63, 3.8) is 0 Å². The lowest BCUT2D eigenvalue weighted by atomic mass is 10.2. The Hall–Kier alpha value is -4.40. The van der Waals surface area contributed by atoms with Crippen LogP contribution in [0.15, 0.2) is 73.3 Å². The van der Waals surface area contributed by atoms with Crippen LogP contribution in [0.25, 0.3) is 0 Å². The van der Waals surface area contributed by atoms with E-state index in [9.17, 15) is 19.2 Å². The largest absolute Gasteiger partial charge is 0.490 e. The first-order valence-electron chi connectivity index (χ1n) is 9.63. The second-order valence-electron chi connectivity index (χ2n) is 6.35. The number of ether oxygens (including phenoxy) is 5. The first-order valence-corrected chi connectivity index (χ1v) is 9.63. The average Bonchev–Trinajstić information content (AvgIpc) is 2.82. The molecule has 9 heteroatoms. The minimum Gasteiger partial charge on any atom is -0.490 e. The number of rotatable bonds is 11. The highest BCUT2D eigenvalue weighted by Gasteiger charge is 2.13. The van der Waals surface area contributed by atoms with Gasteiger partial charge in [0.1, 0.15) is 30.5 Å². The summed E-state index contributed by atoms with van der Waals surface area (Å²) in [4.78, 5) is 46.2. The van der Waals surface area contributed by atoms with Crippen LogP contribution in [0.4, 0.5) is 0 Å². The van der Waals surface area contributed by atoms with Gasteiger partial charge in [-0.1, -0.05) is 13.2 Å². The fourth-order valence-corrected chi connectivity index (χ4v) is 2.30. The molecule has 0 heterocycles. The minimum absolute atomic E-state index is 0.0135. The van der Waals surface area contributed by atoms with Gasteiger partial charge in [-0.3, -0.25) is 4.79 Å². The number of carbonyl (C=O) groups is 4. The molecule has 0 radical (unpaired) electrons. The van der Waals surface area contributed by atoms with Crippen LogP contribution in [-0.4, -0.2) is 44.2 Å². The second kappa shape index (κ2) is 12.5. The number of esters is 4. The third-order valence-corrected chi connectivity index (χ3v) is 3.97. The maximum Gasteiger partial charge on any atom is 0.343 e. The van der Waals surface area contributed by atoms with Crippen LogP contribution in [0.2, 0.25) is 0 Å². The monoisotopic (exact) mass is 454 g/mol. The first-order chi connectivity index (χ1) is 15.8. The van der Waals surface area contributed by atoms with E-state index in [-0.39, 0.29) is 36.5 Å². The molecule has 0 saturated carbocycles. The molecular formula is C24H22O9. The summed E-state index contributed by atoms with van der Waals surface area (Å²) >= 11 is 0. The number of hydrogen-bond acceptors (Lipinski definition) is 9. The molecule has 0 unspecified atom stereocenters. The van der Waals surface area contributed by atoms with Crippen LogP contribution in [-0.2, 0) is 23.9 Å². The van der Waals surface area contributed by atoms with Gasteiger partial charge in [-0.05, 0) is 48.5 Å². The molecule has 0 aliphatic heterocycles. The molecule has 0 N–H and O–H groups in total. The molecule has 9 nitrogen and oxygen atoms in total. The number of methoxy groups -OCH3 is 1. The van der Waals surface area contributed by atoms with E-state index in [0.29, 0.717) is 11.5 Å². The lowest BCUT2D eigenvalue weighted by molar-refractivity contribution is -0.144. The van der Waals surface area contributed by atoms with Gasteiger partial charge in [-0.2, -0.15) is 0 Å². The topological polar surface area (TPSA) is 114 Å². The van der Waals surface area contributed by atoms with Gasteiger partial charge in [0.25, 0.3) is 0 Å². The van der Waals surface area contributed by atoms with E-state index >= 15 is 0 Å². The minimum atomic E-state index is -0.710. The second-order valence-corrected chi connectivity index (χ2v) is 6.35. The Morgan fingerprint density at radius 2 is 1.42 bits per heavy atom. The van der Waals surface area contributed by atoms with Crippen LogP contribution in [0.3, 0.4) is 0 Å². The summed E-state index contributed by atoms with van der Waals surface area (Å²) in [6, 6.07) is 12.1. The Morgan fingerprint density at radius 3 is 2.03 bits per heavy atom. The van der Waals surface area contributed by atoms with Gasteiger partial charge >= 0.3 is 23.9 Å². The van der Waals surface area contributed by atoms with Crippen molar-refractivity contribution in [2.45, 2.75) is 6.42 Å². The van der Waals surface area contributed by atoms with Crippen molar-refractivity contribution in [3.8, 4) is 17.2 Å². The van der Waals surface area contributed by atoms with E-state index in [4.69, 9.17) is 18.9 Å². The zero-order chi connectivity index (χ0) is 24.2. The highest BCUT2D eigenvalue weighted by molar-refractivity contribution is 5.93. The van der Waals surface area contributed by atoms with Gasteiger partial charge in [0.05, 0.1) is 19.1 Å². The summed E-state index contributed by atoms with van der Waals surface area (Å²) in [5, 5.41) is 0. The van der Waals surface area contributed by atoms with Crippen LogP contribution in [0.5, 0.6) is 17.2 Å². The summed E-state index contributed by atoms with van der Waals surface area (Å²) in [7, 11) is 1.21. The van der Waals surface area contributed by atoms with E-state index in [1.807, 2.05) is 0 Å². The molecule has 0 fully saturated rings. The Bertz CT molecular complexity index is 1020. The van der Waals surface area contributed by atoms with Crippen molar-refractivity contribution in [2.24, 2.45) is 0 Å². The predicted octanol–water partition coefficient (Wildman–Crippen LogP) is 3.04. The molecular weight excluding hydrogens is 432 g/mol. The number of benzene rings is 2. The van der Waals surface area contributed by atoms with E-state index in [1.165, 1.54) is 43.5 Å².